The monoisotopic (exact) mass is 397 g/mol. The summed E-state index contributed by atoms with van der Waals surface area (Å²) < 4.78 is 1.90. The van der Waals surface area contributed by atoms with Crippen molar-refractivity contribution >= 4 is 11.8 Å². The van der Waals surface area contributed by atoms with Crippen molar-refractivity contribution in [1.82, 2.24) is 9.80 Å². The third-order valence-corrected chi connectivity index (χ3v) is 6.63. The van der Waals surface area contributed by atoms with E-state index in [1.165, 1.54) is 0 Å². The number of nitrogens with zero attached hydrogens (tertiary/aromatic N) is 4. The van der Waals surface area contributed by atoms with Gasteiger partial charge in [0.05, 0.1) is 54.4 Å². The Hall–Kier alpha value is -1.18. The van der Waals surface area contributed by atoms with E-state index in [9.17, 15) is 9.59 Å². The van der Waals surface area contributed by atoms with Crippen LogP contribution in [0.1, 0.15) is 25.7 Å². The van der Waals surface area contributed by atoms with E-state index in [0.29, 0.717) is 25.2 Å². The first-order valence-electron chi connectivity index (χ1n) is 10.7. The largest absolute Gasteiger partial charge is 0.452 e. The van der Waals surface area contributed by atoms with Crippen LogP contribution in [-0.2, 0) is 9.59 Å². The summed E-state index contributed by atoms with van der Waals surface area (Å²) in [5.74, 6) is 0.253. The van der Waals surface area contributed by atoms with Gasteiger partial charge in [-0.25, -0.2) is 0 Å². The molecule has 0 spiro atoms. The molecule has 0 aromatic rings. The number of carbonyl (C=O) groups excluding carboxylic acids is 2. The molecule has 2 fully saturated rings. The number of hydrogen-bond acceptors (Lipinski definition) is 2. The Balaban J connectivity index is 1.73. The number of amides is 2. The van der Waals surface area contributed by atoms with Crippen LogP contribution < -0.4 is 4.90 Å². The highest BCUT2D eigenvalue weighted by Crippen LogP contribution is 2.19. The van der Waals surface area contributed by atoms with Crippen molar-refractivity contribution in [2.45, 2.75) is 37.8 Å². The standard InChI is InChI=1S/C21H43N5O2/c1-22(16-20(27)23-12-8-18(9-13-23)25(2,3)4)17-21(28)24-14-10-19(11-15-24)26(5,6)7/h18-19,22H,1,8-17H2,2-7H3/q+2. The summed E-state index contributed by atoms with van der Waals surface area (Å²) in [6.07, 6.45) is 4.17. The van der Waals surface area contributed by atoms with Gasteiger partial charge in [-0.2, -0.15) is 0 Å². The summed E-state index contributed by atoms with van der Waals surface area (Å²) in [6.45, 7) is 3.88. The fraction of sp³-hybridized carbons (Fsp3) is 0.857. The van der Waals surface area contributed by atoms with E-state index in [2.05, 4.69) is 49.3 Å². The molecule has 2 amide bonds. The third kappa shape index (κ3) is 6.42. The molecule has 0 unspecified atom stereocenters. The molecule has 2 heterocycles. The maximum atomic E-state index is 12.6. The summed E-state index contributed by atoms with van der Waals surface area (Å²) in [5, 5.41) is 0. The van der Waals surface area contributed by atoms with Crippen LogP contribution in [0.15, 0.2) is 0 Å². The minimum atomic E-state index is 0.126. The van der Waals surface area contributed by atoms with Crippen LogP contribution in [0.25, 0.3) is 0 Å². The van der Waals surface area contributed by atoms with E-state index in [4.69, 9.17) is 0 Å². The van der Waals surface area contributed by atoms with Crippen molar-refractivity contribution in [3.63, 3.8) is 0 Å². The molecule has 0 aromatic heterocycles. The highest BCUT2D eigenvalue weighted by molar-refractivity contribution is 5.79. The predicted octanol–water partition coefficient (Wildman–Crippen LogP) is -0.943. The Labute approximate surface area is 172 Å². The first kappa shape index (κ1) is 23.1. The summed E-state index contributed by atoms with van der Waals surface area (Å²) >= 11 is 0. The fourth-order valence-corrected chi connectivity index (χ4v) is 4.49. The lowest BCUT2D eigenvalue weighted by Gasteiger charge is -2.41. The number of nitrogens with one attached hydrogen (secondary N) is 1. The highest BCUT2D eigenvalue weighted by atomic mass is 16.2. The molecule has 7 heteroatoms. The molecule has 162 valence electrons. The number of rotatable bonds is 6. The van der Waals surface area contributed by atoms with E-state index < -0.39 is 0 Å². The average Bonchev–Trinajstić information content (AvgIpc) is 2.60. The van der Waals surface area contributed by atoms with Crippen molar-refractivity contribution < 1.29 is 23.5 Å². The molecular formula is C21H43N5O2+2. The molecule has 0 bridgehead atoms. The van der Waals surface area contributed by atoms with Gasteiger partial charge in [-0.1, -0.05) is 0 Å². The Bertz CT molecular complexity index is 488. The summed E-state index contributed by atoms with van der Waals surface area (Å²) in [4.78, 5) is 29.9. The Morgan fingerprint density at radius 3 is 1.29 bits per heavy atom. The molecule has 0 atom stereocenters. The van der Waals surface area contributed by atoms with Crippen LogP contribution in [0.5, 0.6) is 0 Å². The first-order chi connectivity index (χ1) is 12.9. The molecule has 0 radical (unpaired) electrons. The number of likely N-dealkylation sites (tertiary alicyclic amines) is 2. The fourth-order valence-electron chi connectivity index (χ4n) is 4.49. The minimum absolute atomic E-state index is 0.126. The predicted molar refractivity (Wildman–Crippen MR) is 111 cm³/mol. The quantitative estimate of drug-likeness (QED) is 0.464. The number of piperidine rings is 2. The lowest BCUT2D eigenvalue weighted by atomic mass is 10.0. The van der Waals surface area contributed by atoms with E-state index in [-0.39, 0.29) is 11.8 Å². The van der Waals surface area contributed by atoms with Gasteiger partial charge in [0, 0.05) is 51.9 Å². The number of carbonyl (C=O) groups is 2. The SMILES string of the molecule is [CH2-][NH+](CC(=O)N1CCC([N+](C)(C)C)CC1)CC(=O)N1CCC([N+](C)(C)C)CC1. The molecule has 2 rings (SSSR count). The molecule has 28 heavy (non-hydrogen) atoms. The van der Waals surface area contributed by atoms with Crippen molar-refractivity contribution in [2.24, 2.45) is 0 Å². The van der Waals surface area contributed by atoms with Crippen LogP contribution in [0, 0.1) is 7.05 Å². The average molecular weight is 398 g/mol. The summed E-state index contributed by atoms with van der Waals surface area (Å²) in [7, 11) is 17.4. The van der Waals surface area contributed by atoms with E-state index in [1.54, 1.807) is 0 Å². The molecule has 0 saturated carbocycles. The lowest BCUT2D eigenvalue weighted by molar-refractivity contribution is -0.897. The number of quaternary nitrogens is 3. The molecule has 2 aliphatic heterocycles. The van der Waals surface area contributed by atoms with Crippen LogP contribution in [0.4, 0.5) is 0 Å². The topological polar surface area (TPSA) is 45.1 Å². The zero-order valence-electron chi connectivity index (χ0n) is 19.0. The van der Waals surface area contributed by atoms with Gasteiger partial charge in [0.15, 0.2) is 0 Å². The Morgan fingerprint density at radius 2 is 1.04 bits per heavy atom. The summed E-state index contributed by atoms with van der Waals surface area (Å²) in [6, 6.07) is 1.23. The maximum absolute atomic E-state index is 12.6. The molecule has 2 aliphatic rings. The van der Waals surface area contributed by atoms with Crippen molar-refractivity contribution in [1.29, 1.82) is 0 Å². The Kier molecular flexibility index (Phi) is 7.50. The van der Waals surface area contributed by atoms with Crippen molar-refractivity contribution in [3.05, 3.63) is 7.05 Å². The van der Waals surface area contributed by atoms with Crippen LogP contribution >= 0.6 is 0 Å². The van der Waals surface area contributed by atoms with Crippen LogP contribution in [0.3, 0.4) is 0 Å². The van der Waals surface area contributed by atoms with Gasteiger partial charge in [0.2, 0.25) is 0 Å². The van der Waals surface area contributed by atoms with Crippen LogP contribution in [0.2, 0.25) is 0 Å². The van der Waals surface area contributed by atoms with Gasteiger partial charge in [0.1, 0.15) is 13.1 Å². The van der Waals surface area contributed by atoms with E-state index in [0.717, 1.165) is 65.7 Å². The minimum Gasteiger partial charge on any atom is -0.452 e. The maximum Gasteiger partial charge on any atom is 0.275 e. The number of hydrogen-bond donors (Lipinski definition) is 1. The summed E-state index contributed by atoms with van der Waals surface area (Å²) in [5.41, 5.74) is 0. The van der Waals surface area contributed by atoms with Gasteiger partial charge in [0.25, 0.3) is 11.8 Å². The normalized spacial score (nSPS) is 20.7. The molecule has 2 saturated heterocycles. The zero-order chi connectivity index (χ0) is 21.1. The van der Waals surface area contributed by atoms with Crippen molar-refractivity contribution in [3.8, 4) is 0 Å². The van der Waals surface area contributed by atoms with Gasteiger partial charge >= 0.3 is 0 Å². The highest BCUT2D eigenvalue weighted by Gasteiger charge is 2.33. The zero-order valence-corrected chi connectivity index (χ0v) is 19.0. The molecular weight excluding hydrogens is 354 g/mol. The molecule has 0 aliphatic carbocycles. The first-order valence-corrected chi connectivity index (χ1v) is 10.7. The molecule has 0 aromatic carbocycles. The second-order valence-electron chi connectivity index (χ2n) is 10.6. The van der Waals surface area contributed by atoms with Gasteiger partial charge in [-0.3, -0.25) is 9.59 Å². The van der Waals surface area contributed by atoms with Gasteiger partial charge in [-0.05, 0) is 0 Å². The van der Waals surface area contributed by atoms with E-state index in [1.807, 2.05) is 9.80 Å². The second-order valence-corrected chi connectivity index (χ2v) is 10.6. The van der Waals surface area contributed by atoms with Crippen LogP contribution in [-0.4, -0.2) is 124 Å². The lowest BCUT2D eigenvalue weighted by Crippen LogP contribution is -3.09. The molecule has 7 nitrogen and oxygen atoms in total. The Morgan fingerprint density at radius 1 is 0.750 bits per heavy atom. The smallest absolute Gasteiger partial charge is 0.275 e. The molecule has 1 N–H and O–H groups in total. The van der Waals surface area contributed by atoms with Gasteiger partial charge < -0.3 is 23.7 Å². The van der Waals surface area contributed by atoms with Crippen molar-refractivity contribution in [2.75, 3.05) is 81.6 Å². The van der Waals surface area contributed by atoms with Gasteiger partial charge in [-0.15, -0.1) is 7.05 Å². The van der Waals surface area contributed by atoms with E-state index >= 15 is 0 Å². The third-order valence-electron chi connectivity index (χ3n) is 6.63. The second kappa shape index (κ2) is 9.09.